The molecule has 1 aromatic rings. The van der Waals surface area contributed by atoms with Crippen molar-refractivity contribution in [1.29, 1.82) is 0 Å². The van der Waals surface area contributed by atoms with E-state index in [-0.39, 0.29) is 24.7 Å². The Labute approximate surface area is 106 Å². The maximum atomic E-state index is 9.16. The fraction of sp³-hybridized carbons (Fsp3) is 0.636. The second-order valence-corrected chi connectivity index (χ2v) is 4.27. The Hall–Kier alpha value is -1.60. The second-order valence-electron chi connectivity index (χ2n) is 4.27. The van der Waals surface area contributed by atoms with Crippen molar-refractivity contribution < 1.29 is 14.6 Å². The zero-order chi connectivity index (χ0) is 13.1. The summed E-state index contributed by atoms with van der Waals surface area (Å²) < 4.78 is 10.6. The van der Waals surface area contributed by atoms with Crippen LogP contribution >= 0.6 is 0 Å². The standard InChI is InChI=1S/C11H18N4O3/c1-7-6-18-8(5-16)4-15(7)9-3-10(17-2)14-11(12)13-9/h3,7-8,16H,4-6H2,1-2H3,(H2,12,13,14). The number of nitrogen functional groups attached to an aromatic ring is 1. The molecule has 7 heteroatoms. The Morgan fingerprint density at radius 1 is 1.61 bits per heavy atom. The van der Waals surface area contributed by atoms with Crippen molar-refractivity contribution in [2.75, 3.05) is 37.5 Å². The van der Waals surface area contributed by atoms with Crippen molar-refractivity contribution in [1.82, 2.24) is 9.97 Å². The number of aliphatic hydroxyl groups excluding tert-OH is 1. The molecule has 1 fully saturated rings. The van der Waals surface area contributed by atoms with E-state index in [4.69, 9.17) is 20.3 Å². The molecule has 0 aromatic carbocycles. The van der Waals surface area contributed by atoms with Gasteiger partial charge in [0.05, 0.1) is 32.5 Å². The molecule has 1 aliphatic heterocycles. The van der Waals surface area contributed by atoms with Crippen LogP contribution in [0.3, 0.4) is 0 Å². The van der Waals surface area contributed by atoms with Crippen LogP contribution in [0.1, 0.15) is 6.92 Å². The van der Waals surface area contributed by atoms with E-state index in [0.717, 1.165) is 0 Å². The molecule has 0 aliphatic carbocycles. The summed E-state index contributed by atoms with van der Waals surface area (Å²) in [6.07, 6.45) is -0.205. The fourth-order valence-electron chi connectivity index (χ4n) is 1.93. The lowest BCUT2D eigenvalue weighted by molar-refractivity contribution is -0.0105. The van der Waals surface area contributed by atoms with Crippen LogP contribution in [0.25, 0.3) is 0 Å². The Morgan fingerprint density at radius 3 is 3.06 bits per heavy atom. The van der Waals surface area contributed by atoms with Gasteiger partial charge in [-0.05, 0) is 6.92 Å². The van der Waals surface area contributed by atoms with Crippen molar-refractivity contribution in [2.24, 2.45) is 0 Å². The van der Waals surface area contributed by atoms with E-state index >= 15 is 0 Å². The summed E-state index contributed by atoms with van der Waals surface area (Å²) in [4.78, 5) is 10.2. The summed E-state index contributed by atoms with van der Waals surface area (Å²) in [5.74, 6) is 1.29. The summed E-state index contributed by atoms with van der Waals surface area (Å²) in [6, 6.07) is 1.89. The number of hydrogen-bond acceptors (Lipinski definition) is 7. The summed E-state index contributed by atoms with van der Waals surface area (Å²) in [7, 11) is 1.53. The molecule has 2 heterocycles. The Kier molecular flexibility index (Phi) is 3.83. The van der Waals surface area contributed by atoms with Crippen molar-refractivity contribution in [3.8, 4) is 5.88 Å². The molecular weight excluding hydrogens is 236 g/mol. The smallest absolute Gasteiger partial charge is 0.225 e. The number of anilines is 2. The average molecular weight is 254 g/mol. The third-order valence-electron chi connectivity index (χ3n) is 2.92. The number of morpholine rings is 1. The van der Waals surface area contributed by atoms with Gasteiger partial charge in [0.25, 0.3) is 0 Å². The molecule has 100 valence electrons. The van der Waals surface area contributed by atoms with Gasteiger partial charge in [0.15, 0.2) is 0 Å². The minimum Gasteiger partial charge on any atom is -0.481 e. The molecule has 1 aliphatic rings. The first-order valence-corrected chi connectivity index (χ1v) is 5.81. The van der Waals surface area contributed by atoms with Gasteiger partial charge in [0.1, 0.15) is 5.82 Å². The van der Waals surface area contributed by atoms with Crippen LogP contribution in [0.15, 0.2) is 6.07 Å². The number of aromatic nitrogens is 2. The van der Waals surface area contributed by atoms with Gasteiger partial charge in [0.2, 0.25) is 11.8 Å². The molecule has 3 N–H and O–H groups in total. The first kappa shape index (κ1) is 12.8. The molecule has 0 radical (unpaired) electrons. The van der Waals surface area contributed by atoms with Crippen LogP contribution < -0.4 is 15.4 Å². The van der Waals surface area contributed by atoms with Crippen molar-refractivity contribution in [3.05, 3.63) is 6.07 Å². The number of ether oxygens (including phenoxy) is 2. The maximum absolute atomic E-state index is 9.16. The normalized spacial score (nSPS) is 24.1. The average Bonchev–Trinajstić information content (AvgIpc) is 2.38. The fourth-order valence-corrected chi connectivity index (χ4v) is 1.93. The minimum atomic E-state index is -0.205. The Balaban J connectivity index is 2.25. The predicted octanol–water partition coefficient (Wildman–Crippen LogP) is -0.347. The molecule has 18 heavy (non-hydrogen) atoms. The second kappa shape index (κ2) is 5.36. The SMILES string of the molecule is COc1cc(N2CC(CO)OCC2C)nc(N)n1. The number of rotatable bonds is 3. The third-order valence-corrected chi connectivity index (χ3v) is 2.92. The van der Waals surface area contributed by atoms with Gasteiger partial charge in [-0.1, -0.05) is 0 Å². The van der Waals surface area contributed by atoms with Crippen LogP contribution in [0.5, 0.6) is 5.88 Å². The topological polar surface area (TPSA) is 93.7 Å². The molecule has 1 aromatic heterocycles. The molecule has 2 rings (SSSR count). The first-order valence-electron chi connectivity index (χ1n) is 5.81. The Bertz CT molecular complexity index is 415. The van der Waals surface area contributed by atoms with Gasteiger partial charge in [-0.15, -0.1) is 0 Å². The van der Waals surface area contributed by atoms with Gasteiger partial charge >= 0.3 is 0 Å². The van der Waals surface area contributed by atoms with Crippen LogP contribution in [-0.2, 0) is 4.74 Å². The molecule has 0 amide bonds. The van der Waals surface area contributed by atoms with Crippen LogP contribution in [0, 0.1) is 0 Å². The summed E-state index contributed by atoms with van der Waals surface area (Å²) in [6.45, 7) is 3.12. The lowest BCUT2D eigenvalue weighted by atomic mass is 10.2. The van der Waals surface area contributed by atoms with Crippen molar-refractivity contribution in [3.63, 3.8) is 0 Å². The van der Waals surface area contributed by atoms with Gasteiger partial charge in [-0.2, -0.15) is 9.97 Å². The molecule has 1 saturated heterocycles. The molecule has 7 nitrogen and oxygen atoms in total. The van der Waals surface area contributed by atoms with E-state index in [1.807, 2.05) is 11.8 Å². The van der Waals surface area contributed by atoms with Gasteiger partial charge < -0.3 is 25.2 Å². The van der Waals surface area contributed by atoms with E-state index in [1.165, 1.54) is 7.11 Å². The maximum Gasteiger partial charge on any atom is 0.225 e. The third kappa shape index (κ3) is 2.62. The quantitative estimate of drug-likeness (QED) is 0.761. The first-order chi connectivity index (χ1) is 8.63. The highest BCUT2D eigenvalue weighted by atomic mass is 16.5. The van der Waals surface area contributed by atoms with Gasteiger partial charge in [0, 0.05) is 12.6 Å². The largest absolute Gasteiger partial charge is 0.481 e. The van der Waals surface area contributed by atoms with E-state index in [2.05, 4.69) is 9.97 Å². The summed E-state index contributed by atoms with van der Waals surface area (Å²) in [5.41, 5.74) is 5.64. The monoisotopic (exact) mass is 254 g/mol. The van der Waals surface area contributed by atoms with Gasteiger partial charge in [-0.3, -0.25) is 0 Å². The number of methoxy groups -OCH3 is 1. The number of nitrogens with two attached hydrogens (primary N) is 1. The lowest BCUT2D eigenvalue weighted by Gasteiger charge is -2.38. The number of hydrogen-bond donors (Lipinski definition) is 2. The van der Waals surface area contributed by atoms with E-state index < -0.39 is 0 Å². The lowest BCUT2D eigenvalue weighted by Crippen LogP contribution is -2.50. The van der Waals surface area contributed by atoms with Crippen molar-refractivity contribution >= 4 is 11.8 Å². The highest BCUT2D eigenvalue weighted by Gasteiger charge is 2.27. The molecule has 0 bridgehead atoms. The zero-order valence-corrected chi connectivity index (χ0v) is 10.5. The highest BCUT2D eigenvalue weighted by Crippen LogP contribution is 2.23. The van der Waals surface area contributed by atoms with Gasteiger partial charge in [-0.25, -0.2) is 0 Å². The number of aliphatic hydroxyl groups is 1. The summed E-state index contributed by atoms with van der Waals surface area (Å²) in [5, 5.41) is 9.16. The molecule has 0 spiro atoms. The minimum absolute atomic E-state index is 0.0130. The Morgan fingerprint density at radius 2 is 2.39 bits per heavy atom. The van der Waals surface area contributed by atoms with E-state index in [9.17, 15) is 0 Å². The van der Waals surface area contributed by atoms with Crippen LogP contribution in [-0.4, -0.2) is 54.1 Å². The predicted molar refractivity (Wildman–Crippen MR) is 66.6 cm³/mol. The zero-order valence-electron chi connectivity index (χ0n) is 10.5. The highest BCUT2D eigenvalue weighted by molar-refractivity contribution is 5.46. The van der Waals surface area contributed by atoms with Crippen LogP contribution in [0.2, 0.25) is 0 Å². The molecule has 2 atom stereocenters. The van der Waals surface area contributed by atoms with E-state index in [1.54, 1.807) is 6.07 Å². The van der Waals surface area contributed by atoms with E-state index in [0.29, 0.717) is 24.8 Å². The number of nitrogens with zero attached hydrogens (tertiary/aromatic N) is 3. The molecule has 0 saturated carbocycles. The molecular formula is C11H18N4O3. The summed E-state index contributed by atoms with van der Waals surface area (Å²) >= 11 is 0. The van der Waals surface area contributed by atoms with Crippen molar-refractivity contribution in [2.45, 2.75) is 19.1 Å². The van der Waals surface area contributed by atoms with Crippen LogP contribution in [0.4, 0.5) is 11.8 Å². The molecule has 2 unspecified atom stereocenters.